The normalized spacial score (nSPS) is 16.7. The summed E-state index contributed by atoms with van der Waals surface area (Å²) in [5, 5.41) is 6.13. The van der Waals surface area contributed by atoms with Crippen LogP contribution in [0.25, 0.3) is 0 Å². The van der Waals surface area contributed by atoms with E-state index in [1.807, 2.05) is 24.3 Å². The Bertz CT molecular complexity index is 995. The number of amides is 2. The average molecular weight is 574 g/mol. The van der Waals surface area contributed by atoms with Gasteiger partial charge in [-0.3, -0.25) is 14.5 Å². The SMILES string of the molecule is CC(C)C[C@H](NC(=O)c1ccc(Br)cc1)C(=O)N[C@H]1CCN(Cc2ccc(OCCCN(C)C)cc2)C1. The fourth-order valence-corrected chi connectivity index (χ4v) is 4.73. The zero-order valence-corrected chi connectivity index (χ0v) is 24.1. The van der Waals surface area contributed by atoms with Gasteiger partial charge in [-0.1, -0.05) is 41.9 Å². The summed E-state index contributed by atoms with van der Waals surface area (Å²) in [6.45, 7) is 8.40. The van der Waals surface area contributed by atoms with Crippen molar-refractivity contribution >= 4 is 27.7 Å². The third kappa shape index (κ3) is 10.1. The number of hydrogen-bond donors (Lipinski definition) is 2. The highest BCUT2D eigenvalue weighted by atomic mass is 79.9. The number of rotatable bonds is 13. The van der Waals surface area contributed by atoms with E-state index in [1.165, 1.54) is 5.56 Å². The minimum atomic E-state index is -0.560. The van der Waals surface area contributed by atoms with Gasteiger partial charge >= 0.3 is 0 Å². The van der Waals surface area contributed by atoms with Gasteiger partial charge in [0.2, 0.25) is 5.91 Å². The summed E-state index contributed by atoms with van der Waals surface area (Å²) in [6.07, 6.45) is 2.49. The van der Waals surface area contributed by atoms with Crippen LogP contribution in [0.15, 0.2) is 53.0 Å². The van der Waals surface area contributed by atoms with Crippen LogP contribution in [0.5, 0.6) is 5.75 Å². The Kier molecular flexibility index (Phi) is 11.4. The Morgan fingerprint density at radius 2 is 1.81 bits per heavy atom. The molecule has 2 aromatic rings. The van der Waals surface area contributed by atoms with Gasteiger partial charge in [-0.15, -0.1) is 0 Å². The first-order valence-corrected chi connectivity index (χ1v) is 13.9. The maximum Gasteiger partial charge on any atom is 0.251 e. The summed E-state index contributed by atoms with van der Waals surface area (Å²) in [5.41, 5.74) is 1.77. The molecular weight excluding hydrogens is 532 g/mol. The number of halogens is 1. The van der Waals surface area contributed by atoms with Crippen molar-refractivity contribution < 1.29 is 14.3 Å². The molecule has 202 valence electrons. The number of benzene rings is 2. The molecule has 0 aliphatic carbocycles. The number of nitrogens with zero attached hydrogens (tertiary/aromatic N) is 2. The Labute approximate surface area is 230 Å². The molecule has 1 aliphatic rings. The van der Waals surface area contributed by atoms with Crippen LogP contribution in [-0.4, -0.2) is 74.0 Å². The molecule has 7 nitrogen and oxygen atoms in total. The number of carbonyl (C=O) groups excluding carboxylic acids is 2. The van der Waals surface area contributed by atoms with E-state index in [-0.39, 0.29) is 23.8 Å². The highest BCUT2D eigenvalue weighted by Crippen LogP contribution is 2.18. The van der Waals surface area contributed by atoms with E-state index in [0.29, 0.717) is 18.6 Å². The summed E-state index contributed by atoms with van der Waals surface area (Å²) < 4.78 is 6.74. The average Bonchev–Trinajstić information content (AvgIpc) is 3.29. The lowest BCUT2D eigenvalue weighted by Crippen LogP contribution is -2.50. The predicted octanol–water partition coefficient (Wildman–Crippen LogP) is 4.31. The molecule has 0 bridgehead atoms. The zero-order valence-electron chi connectivity index (χ0n) is 22.5. The smallest absolute Gasteiger partial charge is 0.251 e. The van der Waals surface area contributed by atoms with E-state index in [0.717, 1.165) is 49.2 Å². The molecule has 8 heteroatoms. The summed E-state index contributed by atoms with van der Waals surface area (Å²) in [5.74, 6) is 0.838. The minimum absolute atomic E-state index is 0.0750. The lowest BCUT2D eigenvalue weighted by Gasteiger charge is -2.23. The van der Waals surface area contributed by atoms with Crippen molar-refractivity contribution in [2.75, 3.05) is 40.3 Å². The van der Waals surface area contributed by atoms with E-state index in [1.54, 1.807) is 12.1 Å². The van der Waals surface area contributed by atoms with Gasteiger partial charge in [-0.05, 0) is 81.2 Å². The van der Waals surface area contributed by atoms with Crippen molar-refractivity contribution in [2.45, 2.75) is 51.7 Å². The highest BCUT2D eigenvalue weighted by Gasteiger charge is 2.28. The molecule has 37 heavy (non-hydrogen) atoms. The molecule has 2 N–H and O–H groups in total. The first-order chi connectivity index (χ1) is 17.7. The fraction of sp³-hybridized carbons (Fsp3) is 0.517. The van der Waals surface area contributed by atoms with E-state index >= 15 is 0 Å². The topological polar surface area (TPSA) is 73.9 Å². The largest absolute Gasteiger partial charge is 0.494 e. The minimum Gasteiger partial charge on any atom is -0.494 e. The second-order valence-electron chi connectivity index (χ2n) is 10.5. The van der Waals surface area contributed by atoms with Gasteiger partial charge in [0.25, 0.3) is 5.91 Å². The van der Waals surface area contributed by atoms with Gasteiger partial charge in [0.05, 0.1) is 6.61 Å². The molecule has 0 spiro atoms. The van der Waals surface area contributed by atoms with Gasteiger partial charge in [0.1, 0.15) is 11.8 Å². The molecule has 0 aromatic heterocycles. The molecular formula is C29H41BrN4O3. The van der Waals surface area contributed by atoms with Crippen molar-refractivity contribution in [1.29, 1.82) is 0 Å². The van der Waals surface area contributed by atoms with Gasteiger partial charge in [-0.2, -0.15) is 0 Å². The molecule has 1 saturated heterocycles. The summed E-state index contributed by atoms with van der Waals surface area (Å²) >= 11 is 3.39. The van der Waals surface area contributed by atoms with Crippen molar-refractivity contribution in [1.82, 2.24) is 20.4 Å². The first-order valence-electron chi connectivity index (χ1n) is 13.1. The quantitative estimate of drug-likeness (QED) is 0.350. The predicted molar refractivity (Wildman–Crippen MR) is 152 cm³/mol. The Morgan fingerprint density at radius 3 is 2.46 bits per heavy atom. The van der Waals surface area contributed by atoms with Crippen LogP contribution in [0.4, 0.5) is 0 Å². The first kappa shape index (κ1) is 29.1. The molecule has 1 heterocycles. The third-order valence-corrected chi connectivity index (χ3v) is 6.93. The van der Waals surface area contributed by atoms with Crippen LogP contribution >= 0.6 is 15.9 Å². The molecule has 1 aliphatic heterocycles. The summed E-state index contributed by atoms with van der Waals surface area (Å²) in [7, 11) is 4.13. The number of hydrogen-bond acceptors (Lipinski definition) is 5. The Hall–Kier alpha value is -2.42. The van der Waals surface area contributed by atoms with E-state index < -0.39 is 6.04 Å². The molecule has 0 saturated carbocycles. The van der Waals surface area contributed by atoms with E-state index in [2.05, 4.69) is 76.4 Å². The van der Waals surface area contributed by atoms with Crippen molar-refractivity contribution in [3.8, 4) is 5.75 Å². The van der Waals surface area contributed by atoms with Gasteiger partial charge in [0, 0.05) is 42.3 Å². The second kappa shape index (κ2) is 14.5. The molecule has 0 radical (unpaired) electrons. The second-order valence-corrected chi connectivity index (χ2v) is 11.5. The molecule has 2 atom stereocenters. The lowest BCUT2D eigenvalue weighted by atomic mass is 10.0. The molecule has 0 unspecified atom stereocenters. The van der Waals surface area contributed by atoms with Crippen molar-refractivity contribution in [3.63, 3.8) is 0 Å². The van der Waals surface area contributed by atoms with Crippen molar-refractivity contribution in [3.05, 3.63) is 64.1 Å². The molecule has 3 rings (SSSR count). The Morgan fingerprint density at radius 1 is 1.11 bits per heavy atom. The number of likely N-dealkylation sites (tertiary alicyclic amines) is 1. The van der Waals surface area contributed by atoms with Crippen LogP contribution in [0, 0.1) is 5.92 Å². The number of ether oxygens (including phenoxy) is 1. The molecule has 1 fully saturated rings. The zero-order chi connectivity index (χ0) is 26.8. The third-order valence-electron chi connectivity index (χ3n) is 6.40. The summed E-state index contributed by atoms with van der Waals surface area (Å²) in [6, 6.07) is 15.0. The van der Waals surface area contributed by atoms with Gasteiger partial charge in [0.15, 0.2) is 0 Å². The molecule has 2 aromatic carbocycles. The van der Waals surface area contributed by atoms with Crippen LogP contribution in [0.2, 0.25) is 0 Å². The monoisotopic (exact) mass is 572 g/mol. The van der Waals surface area contributed by atoms with E-state index in [9.17, 15) is 9.59 Å². The Balaban J connectivity index is 1.47. The maximum absolute atomic E-state index is 13.1. The highest BCUT2D eigenvalue weighted by molar-refractivity contribution is 9.10. The number of carbonyl (C=O) groups is 2. The van der Waals surface area contributed by atoms with E-state index in [4.69, 9.17) is 4.74 Å². The van der Waals surface area contributed by atoms with Crippen LogP contribution in [0.3, 0.4) is 0 Å². The summed E-state index contributed by atoms with van der Waals surface area (Å²) in [4.78, 5) is 30.4. The fourth-order valence-electron chi connectivity index (χ4n) is 4.46. The standard InChI is InChI=1S/C29H41BrN4O3/c1-21(2)18-27(32-28(35)23-8-10-24(30)11-9-23)29(36)31-25-14-16-34(20-25)19-22-6-12-26(13-7-22)37-17-5-15-33(3)4/h6-13,21,25,27H,5,14-20H2,1-4H3,(H,31,36)(H,32,35)/t25-,27-/m0/s1. The van der Waals surface area contributed by atoms with Crippen LogP contribution < -0.4 is 15.4 Å². The van der Waals surface area contributed by atoms with Crippen molar-refractivity contribution in [2.24, 2.45) is 5.92 Å². The maximum atomic E-state index is 13.1. The number of nitrogens with one attached hydrogen (secondary N) is 2. The van der Waals surface area contributed by atoms with Crippen LogP contribution in [0.1, 0.15) is 49.0 Å². The van der Waals surface area contributed by atoms with Gasteiger partial charge in [-0.25, -0.2) is 0 Å². The molecule has 2 amide bonds. The van der Waals surface area contributed by atoms with Gasteiger partial charge < -0.3 is 20.3 Å². The lowest BCUT2D eigenvalue weighted by molar-refractivity contribution is -0.124. The van der Waals surface area contributed by atoms with Crippen LogP contribution in [-0.2, 0) is 11.3 Å².